The van der Waals surface area contributed by atoms with Crippen LogP contribution >= 0.6 is 0 Å². The summed E-state index contributed by atoms with van der Waals surface area (Å²) in [5.41, 5.74) is 1.01. The average Bonchev–Trinajstić information content (AvgIpc) is 2.25. The van der Waals surface area contributed by atoms with Crippen molar-refractivity contribution >= 4 is 12.0 Å². The Morgan fingerprint density at radius 2 is 2.21 bits per heavy atom. The first-order valence-corrected chi connectivity index (χ1v) is 4.75. The summed E-state index contributed by atoms with van der Waals surface area (Å²) in [7, 11) is 0. The third kappa shape index (κ3) is 3.90. The van der Waals surface area contributed by atoms with E-state index in [1.54, 1.807) is 12.2 Å². The van der Waals surface area contributed by atoms with Crippen molar-refractivity contribution in [2.45, 2.75) is 13.3 Å². The summed E-state index contributed by atoms with van der Waals surface area (Å²) in [5, 5.41) is 2.77. The Labute approximate surface area is 84.6 Å². The molecule has 0 atom stereocenters. The number of carbonyl (C=O) groups is 1. The molecule has 0 unspecified atom stereocenters. The summed E-state index contributed by atoms with van der Waals surface area (Å²) in [4.78, 5) is 11.2. The second-order valence-corrected chi connectivity index (χ2v) is 2.96. The lowest BCUT2D eigenvalue weighted by Gasteiger charge is -1.97. The van der Waals surface area contributed by atoms with Crippen molar-refractivity contribution in [2.75, 3.05) is 6.54 Å². The van der Waals surface area contributed by atoms with E-state index in [0.29, 0.717) is 0 Å². The molecule has 0 aromatic heterocycles. The lowest BCUT2D eigenvalue weighted by Crippen LogP contribution is -2.21. The van der Waals surface area contributed by atoms with Crippen LogP contribution < -0.4 is 5.32 Å². The first-order valence-electron chi connectivity index (χ1n) is 4.75. The Morgan fingerprint density at radius 3 is 2.86 bits per heavy atom. The van der Waals surface area contributed by atoms with E-state index in [1.807, 2.05) is 31.2 Å². The quantitative estimate of drug-likeness (QED) is 0.720. The Morgan fingerprint density at radius 1 is 1.50 bits per heavy atom. The first kappa shape index (κ1) is 10.5. The van der Waals surface area contributed by atoms with Crippen molar-refractivity contribution < 1.29 is 4.79 Å². The van der Waals surface area contributed by atoms with Crippen molar-refractivity contribution in [3.63, 3.8) is 0 Å². The van der Waals surface area contributed by atoms with Crippen LogP contribution in [0.5, 0.6) is 0 Å². The Balaban J connectivity index is 2.44. The van der Waals surface area contributed by atoms with Crippen LogP contribution in [0.15, 0.2) is 30.3 Å². The highest BCUT2D eigenvalue weighted by atomic mass is 16.1. The van der Waals surface area contributed by atoms with Gasteiger partial charge in [-0.2, -0.15) is 0 Å². The van der Waals surface area contributed by atoms with Crippen molar-refractivity contribution in [3.05, 3.63) is 42.0 Å². The van der Waals surface area contributed by atoms with Crippen LogP contribution in [0, 0.1) is 6.07 Å². The predicted molar refractivity (Wildman–Crippen MR) is 57.6 cm³/mol. The van der Waals surface area contributed by atoms with Gasteiger partial charge in [0.15, 0.2) is 0 Å². The van der Waals surface area contributed by atoms with Crippen LogP contribution in [0.4, 0.5) is 0 Å². The third-order valence-electron chi connectivity index (χ3n) is 1.72. The molecule has 0 spiro atoms. The van der Waals surface area contributed by atoms with E-state index < -0.39 is 0 Å². The molecular formula is C12H14NO. The highest BCUT2D eigenvalue weighted by Crippen LogP contribution is 1.99. The molecule has 0 saturated heterocycles. The van der Waals surface area contributed by atoms with E-state index in [-0.39, 0.29) is 5.91 Å². The van der Waals surface area contributed by atoms with E-state index in [0.717, 1.165) is 18.5 Å². The molecule has 14 heavy (non-hydrogen) atoms. The summed E-state index contributed by atoms with van der Waals surface area (Å²) in [6.45, 7) is 2.75. The second-order valence-electron chi connectivity index (χ2n) is 2.96. The fourth-order valence-corrected chi connectivity index (χ4v) is 0.990. The molecule has 0 aliphatic rings. The monoisotopic (exact) mass is 188 g/mol. The van der Waals surface area contributed by atoms with Gasteiger partial charge in [-0.25, -0.2) is 0 Å². The van der Waals surface area contributed by atoms with E-state index in [9.17, 15) is 4.79 Å². The largest absolute Gasteiger partial charge is 0.353 e. The molecule has 0 aliphatic heterocycles. The fourth-order valence-electron chi connectivity index (χ4n) is 0.990. The SMILES string of the molecule is CCCNC(=O)C=Cc1cc[c]cc1. The number of hydrogen-bond donors (Lipinski definition) is 1. The van der Waals surface area contributed by atoms with Gasteiger partial charge in [0.05, 0.1) is 0 Å². The molecule has 73 valence electrons. The maximum atomic E-state index is 11.2. The number of amides is 1. The van der Waals surface area contributed by atoms with Crippen molar-refractivity contribution in [2.24, 2.45) is 0 Å². The van der Waals surface area contributed by atoms with E-state index in [1.165, 1.54) is 0 Å². The van der Waals surface area contributed by atoms with Gasteiger partial charge < -0.3 is 5.32 Å². The molecule has 1 radical (unpaired) electrons. The molecular weight excluding hydrogens is 174 g/mol. The highest BCUT2D eigenvalue weighted by Gasteiger charge is 1.91. The van der Waals surface area contributed by atoms with E-state index in [4.69, 9.17) is 0 Å². The number of benzene rings is 1. The lowest BCUT2D eigenvalue weighted by atomic mass is 10.2. The Kier molecular flexibility index (Phi) is 4.48. The Bertz CT molecular complexity index is 303. The van der Waals surface area contributed by atoms with Crippen molar-refractivity contribution in [3.8, 4) is 0 Å². The zero-order valence-corrected chi connectivity index (χ0v) is 8.29. The smallest absolute Gasteiger partial charge is 0.243 e. The van der Waals surface area contributed by atoms with Gasteiger partial charge in [0.25, 0.3) is 0 Å². The zero-order valence-electron chi connectivity index (χ0n) is 8.29. The standard InChI is InChI=1S/C12H14NO/c1-2-10-13-12(14)9-8-11-6-4-3-5-7-11/h4-9H,2,10H2,1H3,(H,13,14). The van der Waals surface area contributed by atoms with Crippen molar-refractivity contribution in [1.82, 2.24) is 5.32 Å². The topological polar surface area (TPSA) is 29.1 Å². The minimum Gasteiger partial charge on any atom is -0.353 e. The third-order valence-corrected chi connectivity index (χ3v) is 1.72. The molecule has 1 amide bonds. The molecule has 1 rings (SSSR count). The van der Waals surface area contributed by atoms with Crippen molar-refractivity contribution in [1.29, 1.82) is 0 Å². The molecule has 0 saturated carbocycles. The summed E-state index contributed by atoms with van der Waals surface area (Å²) >= 11 is 0. The summed E-state index contributed by atoms with van der Waals surface area (Å²) in [6, 6.07) is 10.4. The molecule has 1 aromatic rings. The van der Waals surface area contributed by atoms with E-state index in [2.05, 4.69) is 11.4 Å². The normalized spacial score (nSPS) is 10.4. The minimum atomic E-state index is -0.0420. The van der Waals surface area contributed by atoms with E-state index >= 15 is 0 Å². The molecule has 1 aromatic carbocycles. The van der Waals surface area contributed by atoms with Gasteiger partial charge in [-0.3, -0.25) is 4.79 Å². The maximum absolute atomic E-state index is 11.2. The first-order chi connectivity index (χ1) is 6.83. The highest BCUT2D eigenvalue weighted by molar-refractivity contribution is 5.91. The minimum absolute atomic E-state index is 0.0420. The van der Waals surface area contributed by atoms with Gasteiger partial charge in [0.2, 0.25) is 5.91 Å². The van der Waals surface area contributed by atoms with Gasteiger partial charge in [-0.15, -0.1) is 0 Å². The summed E-state index contributed by atoms with van der Waals surface area (Å²) in [5.74, 6) is -0.0420. The molecule has 0 bridgehead atoms. The molecule has 0 fully saturated rings. The van der Waals surface area contributed by atoms with Gasteiger partial charge in [0.1, 0.15) is 0 Å². The number of nitrogens with one attached hydrogen (secondary N) is 1. The fraction of sp³-hybridized carbons (Fsp3) is 0.250. The maximum Gasteiger partial charge on any atom is 0.243 e. The molecule has 1 N–H and O–H groups in total. The molecule has 2 heteroatoms. The Hall–Kier alpha value is -1.57. The number of carbonyl (C=O) groups excluding carboxylic acids is 1. The van der Waals surface area contributed by atoms with Gasteiger partial charge in [-0.05, 0) is 24.1 Å². The molecule has 2 nitrogen and oxygen atoms in total. The number of hydrogen-bond acceptors (Lipinski definition) is 1. The van der Waals surface area contributed by atoms with Gasteiger partial charge >= 0.3 is 0 Å². The summed E-state index contributed by atoms with van der Waals surface area (Å²) in [6.07, 6.45) is 4.30. The van der Waals surface area contributed by atoms with Crippen LogP contribution in [-0.2, 0) is 4.79 Å². The van der Waals surface area contributed by atoms with Crippen LogP contribution in [-0.4, -0.2) is 12.5 Å². The van der Waals surface area contributed by atoms with Gasteiger partial charge in [-0.1, -0.05) is 31.2 Å². The van der Waals surface area contributed by atoms with Gasteiger partial charge in [0, 0.05) is 12.6 Å². The lowest BCUT2D eigenvalue weighted by molar-refractivity contribution is -0.116. The number of rotatable bonds is 4. The van der Waals surface area contributed by atoms with Crippen LogP contribution in [0.2, 0.25) is 0 Å². The van der Waals surface area contributed by atoms with Crippen LogP contribution in [0.1, 0.15) is 18.9 Å². The second kappa shape index (κ2) is 5.97. The van der Waals surface area contributed by atoms with Crippen LogP contribution in [0.25, 0.3) is 6.08 Å². The van der Waals surface area contributed by atoms with Crippen LogP contribution in [0.3, 0.4) is 0 Å². The summed E-state index contributed by atoms with van der Waals surface area (Å²) < 4.78 is 0. The molecule has 0 aliphatic carbocycles. The molecule has 0 heterocycles. The predicted octanol–water partition coefficient (Wildman–Crippen LogP) is 2.03. The average molecular weight is 188 g/mol. The zero-order chi connectivity index (χ0) is 10.2.